The Labute approximate surface area is 145 Å². The van der Waals surface area contributed by atoms with E-state index in [-0.39, 0.29) is 18.4 Å². The van der Waals surface area contributed by atoms with Crippen LogP contribution in [0.5, 0.6) is 5.75 Å². The molecule has 1 aromatic heterocycles. The van der Waals surface area contributed by atoms with Gasteiger partial charge in [0, 0.05) is 18.7 Å². The summed E-state index contributed by atoms with van der Waals surface area (Å²) >= 11 is 0. The zero-order valence-electron chi connectivity index (χ0n) is 14.1. The lowest BCUT2D eigenvalue weighted by atomic mass is 10.1. The van der Waals surface area contributed by atoms with Gasteiger partial charge < -0.3 is 25.1 Å². The Morgan fingerprint density at radius 2 is 2.20 bits per heavy atom. The molecule has 25 heavy (non-hydrogen) atoms. The van der Waals surface area contributed by atoms with Crippen LogP contribution in [0, 0.1) is 0 Å². The molecule has 0 saturated carbocycles. The van der Waals surface area contributed by atoms with Crippen LogP contribution in [0.2, 0.25) is 0 Å². The second-order valence-corrected chi connectivity index (χ2v) is 5.85. The summed E-state index contributed by atoms with van der Waals surface area (Å²) in [6, 6.07) is 6.84. The van der Waals surface area contributed by atoms with E-state index in [0.29, 0.717) is 41.4 Å². The van der Waals surface area contributed by atoms with Crippen molar-refractivity contribution in [2.75, 3.05) is 23.9 Å². The van der Waals surface area contributed by atoms with E-state index >= 15 is 0 Å². The number of benzene rings is 1. The monoisotopic (exact) mass is 343 g/mol. The van der Waals surface area contributed by atoms with Gasteiger partial charge in [-0.3, -0.25) is 9.59 Å². The summed E-state index contributed by atoms with van der Waals surface area (Å²) in [7, 11) is 1.56. The van der Waals surface area contributed by atoms with Crippen molar-refractivity contribution in [3.63, 3.8) is 0 Å². The first-order valence-corrected chi connectivity index (χ1v) is 8.19. The summed E-state index contributed by atoms with van der Waals surface area (Å²) in [5.74, 6) is 0.904. The molecule has 3 rings (SSSR count). The SMILES string of the molecule is COc1ccc(NC(=O)c2coc(CN)c2)cc1N1CCCCC1=O. The Kier molecular flexibility index (Phi) is 5.04. The Hall–Kier alpha value is -2.80. The highest BCUT2D eigenvalue weighted by Gasteiger charge is 2.23. The van der Waals surface area contributed by atoms with E-state index in [2.05, 4.69) is 5.32 Å². The van der Waals surface area contributed by atoms with E-state index in [1.807, 2.05) is 0 Å². The van der Waals surface area contributed by atoms with Crippen LogP contribution in [0.3, 0.4) is 0 Å². The first kappa shape index (κ1) is 17.0. The molecule has 2 heterocycles. The zero-order chi connectivity index (χ0) is 17.8. The molecule has 2 aromatic rings. The highest BCUT2D eigenvalue weighted by molar-refractivity contribution is 6.05. The molecule has 0 radical (unpaired) electrons. The Balaban J connectivity index is 1.83. The number of nitrogens with two attached hydrogens (primary N) is 1. The van der Waals surface area contributed by atoms with Gasteiger partial charge in [-0.1, -0.05) is 0 Å². The van der Waals surface area contributed by atoms with E-state index in [4.69, 9.17) is 14.9 Å². The number of nitrogens with zero attached hydrogens (tertiary/aromatic N) is 1. The maximum absolute atomic E-state index is 12.3. The van der Waals surface area contributed by atoms with Crippen LogP contribution in [0.25, 0.3) is 0 Å². The Morgan fingerprint density at radius 1 is 1.36 bits per heavy atom. The third-order valence-corrected chi connectivity index (χ3v) is 4.17. The second-order valence-electron chi connectivity index (χ2n) is 5.85. The van der Waals surface area contributed by atoms with Crippen molar-refractivity contribution in [2.45, 2.75) is 25.8 Å². The highest BCUT2D eigenvalue weighted by Crippen LogP contribution is 2.33. The van der Waals surface area contributed by atoms with E-state index in [1.165, 1.54) is 6.26 Å². The minimum absolute atomic E-state index is 0.0652. The molecule has 0 aliphatic carbocycles. The van der Waals surface area contributed by atoms with Gasteiger partial charge in [-0.15, -0.1) is 0 Å². The van der Waals surface area contributed by atoms with Gasteiger partial charge in [0.2, 0.25) is 5.91 Å². The number of rotatable bonds is 5. The molecular formula is C18H21N3O4. The number of hydrogen-bond acceptors (Lipinski definition) is 5. The zero-order valence-corrected chi connectivity index (χ0v) is 14.1. The summed E-state index contributed by atoms with van der Waals surface area (Å²) in [4.78, 5) is 26.2. The number of methoxy groups -OCH3 is 1. The van der Waals surface area contributed by atoms with Crippen LogP contribution in [0.4, 0.5) is 11.4 Å². The molecule has 3 N–H and O–H groups in total. The van der Waals surface area contributed by atoms with Crippen molar-refractivity contribution < 1.29 is 18.7 Å². The average Bonchev–Trinajstić information content (AvgIpc) is 3.11. The van der Waals surface area contributed by atoms with Gasteiger partial charge in [0.05, 0.1) is 24.9 Å². The predicted molar refractivity (Wildman–Crippen MR) is 93.8 cm³/mol. The van der Waals surface area contributed by atoms with Gasteiger partial charge in [0.25, 0.3) is 5.91 Å². The summed E-state index contributed by atoms with van der Waals surface area (Å²) in [6.45, 7) is 0.880. The third-order valence-electron chi connectivity index (χ3n) is 4.17. The Morgan fingerprint density at radius 3 is 2.88 bits per heavy atom. The van der Waals surface area contributed by atoms with Crippen LogP contribution < -0.4 is 20.7 Å². The van der Waals surface area contributed by atoms with E-state index < -0.39 is 0 Å². The van der Waals surface area contributed by atoms with Crippen LogP contribution in [-0.2, 0) is 11.3 Å². The molecular weight excluding hydrogens is 322 g/mol. The first-order chi connectivity index (χ1) is 12.1. The van der Waals surface area contributed by atoms with E-state index in [9.17, 15) is 9.59 Å². The molecule has 2 amide bonds. The lowest BCUT2D eigenvalue weighted by Crippen LogP contribution is -2.35. The lowest BCUT2D eigenvalue weighted by molar-refractivity contribution is -0.119. The van der Waals surface area contributed by atoms with Crippen molar-refractivity contribution in [3.8, 4) is 5.75 Å². The van der Waals surface area contributed by atoms with E-state index in [1.54, 1.807) is 36.3 Å². The summed E-state index contributed by atoms with van der Waals surface area (Å²) in [5.41, 5.74) is 7.13. The number of piperidine rings is 1. The Bertz CT molecular complexity index is 784. The molecule has 1 aliphatic heterocycles. The van der Waals surface area contributed by atoms with Gasteiger partial charge in [-0.2, -0.15) is 0 Å². The molecule has 7 nitrogen and oxygen atoms in total. The van der Waals surface area contributed by atoms with Crippen molar-refractivity contribution in [1.82, 2.24) is 0 Å². The maximum Gasteiger partial charge on any atom is 0.258 e. The van der Waals surface area contributed by atoms with Gasteiger partial charge in [0.1, 0.15) is 17.8 Å². The number of hydrogen-bond donors (Lipinski definition) is 2. The normalized spacial score (nSPS) is 14.5. The highest BCUT2D eigenvalue weighted by atomic mass is 16.5. The average molecular weight is 343 g/mol. The molecule has 0 spiro atoms. The third kappa shape index (κ3) is 3.66. The van der Waals surface area contributed by atoms with Crippen molar-refractivity contribution in [1.29, 1.82) is 0 Å². The number of furan rings is 1. The number of ether oxygens (including phenoxy) is 1. The number of amides is 2. The van der Waals surface area contributed by atoms with Gasteiger partial charge in [-0.25, -0.2) is 0 Å². The smallest absolute Gasteiger partial charge is 0.258 e. The second kappa shape index (κ2) is 7.40. The van der Waals surface area contributed by atoms with E-state index in [0.717, 1.165) is 12.8 Å². The first-order valence-electron chi connectivity index (χ1n) is 8.19. The molecule has 1 aromatic carbocycles. The number of anilines is 2. The molecule has 1 fully saturated rings. The van der Waals surface area contributed by atoms with Crippen LogP contribution in [0.15, 0.2) is 34.9 Å². The maximum atomic E-state index is 12.3. The predicted octanol–water partition coefficient (Wildman–Crippen LogP) is 2.52. The lowest BCUT2D eigenvalue weighted by Gasteiger charge is -2.28. The molecule has 7 heteroatoms. The molecule has 0 unspecified atom stereocenters. The molecule has 1 saturated heterocycles. The molecule has 1 aliphatic rings. The summed E-state index contributed by atoms with van der Waals surface area (Å²) in [5, 5.41) is 2.81. The van der Waals surface area contributed by atoms with Gasteiger partial charge in [-0.05, 0) is 37.1 Å². The standard InChI is InChI=1S/C18H21N3O4/c1-24-16-6-5-13(9-15(16)21-7-3-2-4-17(21)22)20-18(23)12-8-14(10-19)25-11-12/h5-6,8-9,11H,2-4,7,10,19H2,1H3,(H,20,23). The van der Waals surface area contributed by atoms with Crippen molar-refractivity contribution in [3.05, 3.63) is 41.9 Å². The minimum Gasteiger partial charge on any atom is -0.495 e. The van der Waals surface area contributed by atoms with Crippen LogP contribution in [-0.4, -0.2) is 25.5 Å². The van der Waals surface area contributed by atoms with Crippen LogP contribution >= 0.6 is 0 Å². The van der Waals surface area contributed by atoms with Crippen LogP contribution in [0.1, 0.15) is 35.4 Å². The van der Waals surface area contributed by atoms with Gasteiger partial charge in [0.15, 0.2) is 0 Å². The fourth-order valence-corrected chi connectivity index (χ4v) is 2.85. The number of carbonyl (C=O) groups is 2. The van der Waals surface area contributed by atoms with Crippen molar-refractivity contribution >= 4 is 23.2 Å². The fraction of sp³-hybridized carbons (Fsp3) is 0.333. The molecule has 132 valence electrons. The quantitative estimate of drug-likeness (QED) is 0.869. The largest absolute Gasteiger partial charge is 0.495 e. The van der Waals surface area contributed by atoms with Gasteiger partial charge >= 0.3 is 0 Å². The number of nitrogens with one attached hydrogen (secondary N) is 1. The summed E-state index contributed by atoms with van der Waals surface area (Å²) in [6.07, 6.45) is 3.74. The number of carbonyl (C=O) groups excluding carboxylic acids is 2. The fourth-order valence-electron chi connectivity index (χ4n) is 2.85. The summed E-state index contributed by atoms with van der Waals surface area (Å²) < 4.78 is 10.6. The molecule has 0 bridgehead atoms. The molecule has 0 atom stereocenters. The van der Waals surface area contributed by atoms with Crippen molar-refractivity contribution in [2.24, 2.45) is 5.73 Å². The topological polar surface area (TPSA) is 97.8 Å². The minimum atomic E-state index is -0.301.